The van der Waals surface area contributed by atoms with Crippen LogP contribution in [0.1, 0.15) is 15.2 Å². The summed E-state index contributed by atoms with van der Waals surface area (Å²) >= 11 is 4.72. The van der Waals surface area contributed by atoms with E-state index >= 15 is 0 Å². The van der Waals surface area contributed by atoms with Crippen LogP contribution in [0.2, 0.25) is 0 Å². The van der Waals surface area contributed by atoms with Crippen molar-refractivity contribution in [2.45, 2.75) is 6.92 Å². The summed E-state index contributed by atoms with van der Waals surface area (Å²) in [6, 6.07) is 7.35. The number of anilines is 1. The number of aromatic nitrogens is 1. The lowest BCUT2D eigenvalue weighted by atomic mass is 10.3. The van der Waals surface area contributed by atoms with Crippen LogP contribution in [0.5, 0.6) is 0 Å². The summed E-state index contributed by atoms with van der Waals surface area (Å²) in [6.45, 7) is 1.96. The lowest BCUT2D eigenvalue weighted by Gasteiger charge is -2.02. The molecule has 0 fully saturated rings. The van der Waals surface area contributed by atoms with Gasteiger partial charge in [-0.1, -0.05) is 0 Å². The van der Waals surface area contributed by atoms with Gasteiger partial charge in [-0.25, -0.2) is 4.98 Å². The van der Waals surface area contributed by atoms with Gasteiger partial charge >= 0.3 is 0 Å². The molecule has 0 bridgehead atoms. The topological polar surface area (TPSA) is 42.0 Å². The van der Waals surface area contributed by atoms with Crippen molar-refractivity contribution in [3.05, 3.63) is 44.7 Å². The summed E-state index contributed by atoms with van der Waals surface area (Å²) in [5.74, 6) is 0.448. The van der Waals surface area contributed by atoms with Crippen LogP contribution in [-0.2, 0) is 0 Å². The van der Waals surface area contributed by atoms with Crippen molar-refractivity contribution in [2.75, 3.05) is 5.32 Å². The molecule has 2 aromatic heterocycles. The third-order valence-corrected chi connectivity index (χ3v) is 3.58. The molecule has 0 aromatic carbocycles. The van der Waals surface area contributed by atoms with Crippen molar-refractivity contribution in [3.8, 4) is 0 Å². The summed E-state index contributed by atoms with van der Waals surface area (Å²) in [5.41, 5.74) is 1.07. The number of halogens is 2. The number of amides is 1. The van der Waals surface area contributed by atoms with Gasteiger partial charge < -0.3 is 17.7 Å². The van der Waals surface area contributed by atoms with Crippen LogP contribution in [0.25, 0.3) is 0 Å². The molecule has 6 heteroatoms. The maximum atomic E-state index is 11.8. The minimum Gasteiger partial charge on any atom is -1.00 e. The van der Waals surface area contributed by atoms with Crippen molar-refractivity contribution in [1.82, 2.24) is 4.98 Å². The Morgan fingerprint density at radius 1 is 1.41 bits per heavy atom. The number of hydrogen-bond acceptors (Lipinski definition) is 3. The van der Waals surface area contributed by atoms with Gasteiger partial charge in [0.1, 0.15) is 5.82 Å². The summed E-state index contributed by atoms with van der Waals surface area (Å²) in [7, 11) is 0. The lowest BCUT2D eigenvalue weighted by Crippen LogP contribution is -3.00. The molecule has 0 spiro atoms. The highest BCUT2D eigenvalue weighted by molar-refractivity contribution is 9.11. The number of carbonyl (C=O) groups excluding carboxylic acids is 1. The Labute approximate surface area is 118 Å². The highest BCUT2D eigenvalue weighted by atomic mass is 79.9. The Kier molecular flexibility index (Phi) is 5.11. The standard InChI is InChI=1S/C11H9BrN2OS.ClH/c1-7-4-5-13-10(6-7)14-11(15)8-2-3-9(12)16-8;/h2-6H,1H3,(H,13,14,15);1H/p-1. The molecule has 2 aromatic rings. The smallest absolute Gasteiger partial charge is 0.266 e. The fourth-order valence-electron chi connectivity index (χ4n) is 1.22. The first-order valence-electron chi connectivity index (χ1n) is 4.64. The normalized spacial score (nSPS) is 9.53. The number of hydrogen-bond donors (Lipinski definition) is 1. The number of aryl methyl sites for hydroxylation is 1. The summed E-state index contributed by atoms with van der Waals surface area (Å²) in [6.07, 6.45) is 1.68. The van der Waals surface area contributed by atoms with Gasteiger partial charge in [0.2, 0.25) is 0 Å². The minimum atomic E-state index is -0.131. The van der Waals surface area contributed by atoms with E-state index in [0.717, 1.165) is 9.35 Å². The van der Waals surface area contributed by atoms with Gasteiger partial charge in [-0.3, -0.25) is 4.79 Å². The molecule has 3 nitrogen and oxygen atoms in total. The first-order valence-corrected chi connectivity index (χ1v) is 6.25. The number of rotatable bonds is 2. The van der Waals surface area contributed by atoms with Crippen LogP contribution in [0, 0.1) is 6.92 Å². The van der Waals surface area contributed by atoms with Gasteiger partial charge in [-0.05, 0) is 52.7 Å². The Balaban J connectivity index is 0.00000144. The molecule has 90 valence electrons. The van der Waals surface area contributed by atoms with Crippen LogP contribution < -0.4 is 17.7 Å². The fraction of sp³-hybridized carbons (Fsp3) is 0.0909. The van der Waals surface area contributed by atoms with E-state index in [4.69, 9.17) is 0 Å². The van der Waals surface area contributed by atoms with Gasteiger partial charge in [-0.15, -0.1) is 11.3 Å². The molecule has 0 unspecified atom stereocenters. The van der Waals surface area contributed by atoms with Crippen LogP contribution in [0.15, 0.2) is 34.2 Å². The SMILES string of the molecule is Cc1ccnc(NC(=O)c2ccc(Br)s2)c1.[Cl-]. The number of pyridine rings is 1. The van der Waals surface area contributed by atoms with Crippen molar-refractivity contribution in [2.24, 2.45) is 0 Å². The van der Waals surface area contributed by atoms with E-state index in [1.54, 1.807) is 12.3 Å². The van der Waals surface area contributed by atoms with Crippen molar-refractivity contribution < 1.29 is 17.2 Å². The van der Waals surface area contributed by atoms with E-state index in [2.05, 4.69) is 26.2 Å². The first kappa shape index (κ1) is 14.2. The Bertz CT molecular complexity index is 530. The molecule has 1 N–H and O–H groups in total. The average molecular weight is 333 g/mol. The summed E-state index contributed by atoms with van der Waals surface area (Å²) in [5, 5.41) is 2.75. The highest BCUT2D eigenvalue weighted by Crippen LogP contribution is 2.22. The largest absolute Gasteiger partial charge is 1.00 e. The molecule has 1 amide bonds. The Morgan fingerprint density at radius 2 is 2.18 bits per heavy atom. The second-order valence-corrected chi connectivity index (χ2v) is 5.74. The second-order valence-electron chi connectivity index (χ2n) is 3.28. The number of thiophene rings is 1. The van der Waals surface area contributed by atoms with E-state index in [1.165, 1.54) is 11.3 Å². The Hall–Kier alpha value is -0.910. The van der Waals surface area contributed by atoms with Crippen LogP contribution in [0.3, 0.4) is 0 Å². The van der Waals surface area contributed by atoms with Gasteiger partial charge in [0, 0.05) is 6.20 Å². The first-order chi connectivity index (χ1) is 7.65. The molecule has 0 aliphatic heterocycles. The molecule has 0 aliphatic carbocycles. The summed E-state index contributed by atoms with van der Waals surface area (Å²) < 4.78 is 0.940. The highest BCUT2D eigenvalue weighted by Gasteiger charge is 2.09. The van der Waals surface area contributed by atoms with Crippen molar-refractivity contribution in [1.29, 1.82) is 0 Å². The lowest BCUT2D eigenvalue weighted by molar-refractivity contribution is -0.0000109. The van der Waals surface area contributed by atoms with Crippen LogP contribution in [-0.4, -0.2) is 10.9 Å². The van der Waals surface area contributed by atoms with E-state index in [9.17, 15) is 4.79 Å². The van der Waals surface area contributed by atoms with Crippen molar-refractivity contribution >= 4 is 39.0 Å². The second kappa shape index (κ2) is 6.14. The number of nitrogens with one attached hydrogen (secondary N) is 1. The maximum Gasteiger partial charge on any atom is 0.266 e. The molecule has 17 heavy (non-hydrogen) atoms. The molecule has 0 atom stereocenters. The van der Waals surface area contributed by atoms with E-state index in [1.807, 2.05) is 25.1 Å². The molecule has 2 rings (SSSR count). The molecule has 0 aliphatic rings. The fourth-order valence-corrected chi connectivity index (χ4v) is 2.50. The van der Waals surface area contributed by atoms with Crippen molar-refractivity contribution in [3.63, 3.8) is 0 Å². The predicted molar refractivity (Wildman–Crippen MR) is 68.9 cm³/mol. The van der Waals surface area contributed by atoms with Gasteiger partial charge in [0.15, 0.2) is 0 Å². The van der Waals surface area contributed by atoms with Gasteiger partial charge in [0.05, 0.1) is 8.66 Å². The number of carbonyl (C=O) groups is 1. The van der Waals surface area contributed by atoms with E-state index in [-0.39, 0.29) is 18.3 Å². The molecular formula is C11H9BrClN2OS-. The zero-order valence-corrected chi connectivity index (χ0v) is 12.1. The van der Waals surface area contributed by atoms with Gasteiger partial charge in [0.25, 0.3) is 5.91 Å². The molecule has 2 heterocycles. The van der Waals surface area contributed by atoms with E-state index < -0.39 is 0 Å². The molecule has 0 saturated heterocycles. The average Bonchev–Trinajstić information content (AvgIpc) is 2.65. The Morgan fingerprint density at radius 3 is 2.76 bits per heavy atom. The number of nitrogens with zero attached hydrogens (tertiary/aromatic N) is 1. The van der Waals surface area contributed by atoms with Crippen LogP contribution >= 0.6 is 27.3 Å². The summed E-state index contributed by atoms with van der Waals surface area (Å²) in [4.78, 5) is 16.5. The van der Waals surface area contributed by atoms with Gasteiger partial charge in [-0.2, -0.15) is 0 Å². The minimum absolute atomic E-state index is 0. The van der Waals surface area contributed by atoms with E-state index in [0.29, 0.717) is 10.7 Å². The molecular weight excluding hydrogens is 324 g/mol. The maximum absolute atomic E-state index is 11.8. The third kappa shape index (κ3) is 3.80. The zero-order chi connectivity index (χ0) is 11.5. The monoisotopic (exact) mass is 331 g/mol. The molecule has 0 saturated carbocycles. The third-order valence-electron chi connectivity index (χ3n) is 1.95. The molecule has 0 radical (unpaired) electrons. The predicted octanol–water partition coefficient (Wildman–Crippen LogP) is 0.470. The van der Waals surface area contributed by atoms with Crippen LogP contribution in [0.4, 0.5) is 5.82 Å². The quantitative estimate of drug-likeness (QED) is 0.869. The zero-order valence-electron chi connectivity index (χ0n) is 8.91.